The maximum absolute atomic E-state index is 12.7. The number of ether oxygens (including phenoxy) is 1. The van der Waals surface area contributed by atoms with E-state index in [2.05, 4.69) is 35.4 Å². The van der Waals surface area contributed by atoms with Gasteiger partial charge in [0.1, 0.15) is 5.76 Å². The Bertz CT molecular complexity index is 1260. The molecule has 33 heavy (non-hydrogen) atoms. The van der Waals surface area contributed by atoms with Crippen LogP contribution in [0.2, 0.25) is 0 Å². The van der Waals surface area contributed by atoms with E-state index in [1.54, 1.807) is 0 Å². The third-order valence-electron chi connectivity index (χ3n) is 5.38. The predicted molar refractivity (Wildman–Crippen MR) is 131 cm³/mol. The molecular formula is C25H28N4O3S. The summed E-state index contributed by atoms with van der Waals surface area (Å²) in [5, 5.41) is 13.4. The number of nitrogens with one attached hydrogen (secondary N) is 1. The maximum atomic E-state index is 12.7. The molecule has 0 bridgehead atoms. The topological polar surface area (TPSA) is 82.2 Å². The second-order valence-electron chi connectivity index (χ2n) is 7.70. The number of para-hydroxylation sites is 1. The summed E-state index contributed by atoms with van der Waals surface area (Å²) in [5.41, 5.74) is 2.89. The summed E-state index contributed by atoms with van der Waals surface area (Å²) >= 11 is 1.38. The highest BCUT2D eigenvalue weighted by atomic mass is 32.2. The molecule has 0 radical (unpaired) electrons. The Morgan fingerprint density at radius 3 is 2.76 bits per heavy atom. The lowest BCUT2D eigenvalue weighted by Crippen LogP contribution is -2.28. The summed E-state index contributed by atoms with van der Waals surface area (Å²) in [4.78, 5) is 12.7. The van der Waals surface area contributed by atoms with Crippen molar-refractivity contribution in [1.82, 2.24) is 20.1 Å². The van der Waals surface area contributed by atoms with E-state index >= 15 is 0 Å². The minimum Gasteiger partial charge on any atom is -0.490 e. The van der Waals surface area contributed by atoms with Gasteiger partial charge in [0.2, 0.25) is 5.91 Å². The molecule has 1 atom stereocenters. The molecule has 0 aliphatic carbocycles. The van der Waals surface area contributed by atoms with Crippen LogP contribution in [-0.2, 0) is 11.3 Å². The number of hydrogen-bond donors (Lipinski definition) is 1. The molecule has 2 heterocycles. The van der Waals surface area contributed by atoms with Crippen molar-refractivity contribution < 1.29 is 13.9 Å². The van der Waals surface area contributed by atoms with Gasteiger partial charge in [-0.1, -0.05) is 48.2 Å². The summed E-state index contributed by atoms with van der Waals surface area (Å²) in [7, 11) is 0. The van der Waals surface area contributed by atoms with Gasteiger partial charge in [0.05, 0.1) is 18.4 Å². The van der Waals surface area contributed by atoms with E-state index in [1.807, 2.05) is 60.9 Å². The van der Waals surface area contributed by atoms with E-state index in [9.17, 15) is 4.79 Å². The zero-order valence-electron chi connectivity index (χ0n) is 19.3. The lowest BCUT2D eigenvalue weighted by molar-refractivity contribution is -0.119. The van der Waals surface area contributed by atoms with Crippen molar-refractivity contribution in [3.8, 4) is 17.1 Å². The molecule has 0 saturated carbocycles. The van der Waals surface area contributed by atoms with Crippen LogP contribution in [0.5, 0.6) is 5.75 Å². The second-order valence-corrected chi connectivity index (χ2v) is 8.64. The Hall–Kier alpha value is -3.26. The Morgan fingerprint density at radius 2 is 2.00 bits per heavy atom. The van der Waals surface area contributed by atoms with Crippen LogP contribution in [-0.4, -0.2) is 33.0 Å². The number of thioether (sulfide) groups is 1. The average Bonchev–Trinajstić information content (AvgIpc) is 3.43. The second kappa shape index (κ2) is 10.1. The number of aryl methyl sites for hydroxylation is 1. The van der Waals surface area contributed by atoms with Crippen LogP contribution < -0.4 is 10.1 Å². The number of fused-ring (bicyclic) bond motifs is 1. The Labute approximate surface area is 197 Å². The highest BCUT2D eigenvalue weighted by Gasteiger charge is 2.19. The number of nitrogens with zero attached hydrogens (tertiary/aromatic N) is 3. The quantitative estimate of drug-likeness (QED) is 0.335. The highest BCUT2D eigenvalue weighted by Crippen LogP contribution is 2.31. The summed E-state index contributed by atoms with van der Waals surface area (Å²) in [6, 6.07) is 15.6. The molecule has 172 valence electrons. The molecule has 4 aromatic rings. The van der Waals surface area contributed by atoms with Gasteiger partial charge in [0.15, 0.2) is 22.3 Å². The first-order valence-electron chi connectivity index (χ1n) is 11.1. The van der Waals surface area contributed by atoms with Gasteiger partial charge >= 0.3 is 0 Å². The van der Waals surface area contributed by atoms with Crippen LogP contribution in [0.3, 0.4) is 0 Å². The van der Waals surface area contributed by atoms with Crippen molar-refractivity contribution in [2.24, 2.45) is 0 Å². The molecule has 2 aromatic heterocycles. The van der Waals surface area contributed by atoms with E-state index in [-0.39, 0.29) is 17.7 Å². The molecule has 0 aliphatic heterocycles. The first-order chi connectivity index (χ1) is 16.0. The van der Waals surface area contributed by atoms with Crippen LogP contribution in [0.15, 0.2) is 58.1 Å². The third kappa shape index (κ3) is 4.90. The minimum absolute atomic E-state index is 0.0962. The number of rotatable bonds is 9. The molecule has 0 fully saturated rings. The third-order valence-corrected chi connectivity index (χ3v) is 6.35. The van der Waals surface area contributed by atoms with Crippen molar-refractivity contribution in [3.63, 3.8) is 0 Å². The van der Waals surface area contributed by atoms with E-state index in [0.717, 1.165) is 34.0 Å². The number of hydrogen-bond acceptors (Lipinski definition) is 6. The zero-order chi connectivity index (χ0) is 23.4. The molecule has 0 saturated heterocycles. The lowest BCUT2D eigenvalue weighted by Gasteiger charge is -2.12. The van der Waals surface area contributed by atoms with Gasteiger partial charge in [-0.15, -0.1) is 10.2 Å². The lowest BCUT2D eigenvalue weighted by atomic mass is 10.1. The van der Waals surface area contributed by atoms with E-state index in [4.69, 9.17) is 9.15 Å². The largest absolute Gasteiger partial charge is 0.490 e. The predicted octanol–water partition coefficient (Wildman–Crippen LogP) is 5.39. The van der Waals surface area contributed by atoms with Gasteiger partial charge < -0.3 is 19.0 Å². The van der Waals surface area contributed by atoms with Crippen molar-refractivity contribution in [1.29, 1.82) is 0 Å². The zero-order valence-corrected chi connectivity index (χ0v) is 20.1. The molecule has 2 aromatic carbocycles. The van der Waals surface area contributed by atoms with Gasteiger partial charge in [-0.2, -0.15) is 0 Å². The number of carbonyl (C=O) groups excluding carboxylic acids is 1. The fourth-order valence-electron chi connectivity index (χ4n) is 3.73. The molecular weight excluding hydrogens is 436 g/mol. The molecule has 0 spiro atoms. The number of furan rings is 1. The molecule has 0 aliphatic rings. The highest BCUT2D eigenvalue weighted by molar-refractivity contribution is 7.99. The molecule has 1 N–H and O–H groups in total. The average molecular weight is 465 g/mol. The smallest absolute Gasteiger partial charge is 0.231 e. The van der Waals surface area contributed by atoms with Crippen molar-refractivity contribution in [2.75, 3.05) is 12.4 Å². The Balaban J connectivity index is 1.42. The van der Waals surface area contributed by atoms with Crippen LogP contribution in [0.25, 0.3) is 22.4 Å². The number of carbonyl (C=O) groups is 1. The Morgan fingerprint density at radius 1 is 1.18 bits per heavy atom. The van der Waals surface area contributed by atoms with Gasteiger partial charge in [-0.3, -0.25) is 4.79 Å². The monoisotopic (exact) mass is 464 g/mol. The molecule has 7 nitrogen and oxygen atoms in total. The fourth-order valence-corrected chi connectivity index (χ4v) is 4.54. The van der Waals surface area contributed by atoms with Crippen molar-refractivity contribution in [3.05, 3.63) is 59.9 Å². The maximum Gasteiger partial charge on any atom is 0.231 e. The Kier molecular flexibility index (Phi) is 7.03. The van der Waals surface area contributed by atoms with Crippen LogP contribution in [0.4, 0.5) is 0 Å². The SMILES string of the molecule is CCOc1cccc2cc(C(C)NC(=O)CSc3nnc(-c4ccccc4C)n3CC)oc12. The summed E-state index contributed by atoms with van der Waals surface area (Å²) in [6.07, 6.45) is 0. The van der Waals surface area contributed by atoms with E-state index < -0.39 is 0 Å². The fraction of sp³-hybridized carbons (Fsp3) is 0.320. The van der Waals surface area contributed by atoms with Crippen LogP contribution in [0, 0.1) is 6.92 Å². The standard InChI is InChI=1S/C25H28N4O3S/c1-5-29-24(19-12-8-7-10-16(19)3)27-28-25(29)33-15-22(30)26-17(4)21-14-18-11-9-13-20(31-6-2)23(18)32-21/h7-14,17H,5-6,15H2,1-4H3,(H,26,30). The van der Waals surface area contributed by atoms with E-state index in [0.29, 0.717) is 23.7 Å². The number of benzene rings is 2. The number of aromatic nitrogens is 3. The molecule has 1 amide bonds. The summed E-state index contributed by atoms with van der Waals surface area (Å²) < 4.78 is 13.7. The minimum atomic E-state index is -0.272. The first-order valence-corrected chi connectivity index (χ1v) is 12.1. The van der Waals surface area contributed by atoms with Crippen molar-refractivity contribution in [2.45, 2.75) is 45.4 Å². The molecule has 8 heteroatoms. The molecule has 4 rings (SSSR count). The van der Waals surface area contributed by atoms with E-state index in [1.165, 1.54) is 11.8 Å². The normalized spacial score (nSPS) is 12.1. The molecule has 1 unspecified atom stereocenters. The summed E-state index contributed by atoms with van der Waals surface area (Å²) in [5.74, 6) is 2.36. The van der Waals surface area contributed by atoms with Gasteiger partial charge in [-0.25, -0.2) is 0 Å². The van der Waals surface area contributed by atoms with Gasteiger partial charge in [0, 0.05) is 17.5 Å². The van der Waals surface area contributed by atoms with Gasteiger partial charge in [-0.05, 0) is 45.4 Å². The number of amides is 1. The van der Waals surface area contributed by atoms with Crippen molar-refractivity contribution >= 4 is 28.6 Å². The van der Waals surface area contributed by atoms with Crippen LogP contribution in [0.1, 0.15) is 38.1 Å². The first kappa shape index (κ1) is 22.9. The van der Waals surface area contributed by atoms with Gasteiger partial charge in [0.25, 0.3) is 0 Å². The summed E-state index contributed by atoms with van der Waals surface area (Å²) in [6.45, 7) is 9.24. The van der Waals surface area contributed by atoms with Crippen LogP contribution >= 0.6 is 11.8 Å².